The van der Waals surface area contributed by atoms with Crippen molar-refractivity contribution in [1.82, 2.24) is 5.32 Å². The lowest BCUT2D eigenvalue weighted by Gasteiger charge is -2.41. The average molecular weight is 422 g/mol. The zero-order valence-corrected chi connectivity index (χ0v) is 22.1. The molecule has 1 N–H and O–H groups in total. The van der Waals surface area contributed by atoms with Crippen LogP contribution in [0.3, 0.4) is 0 Å². The number of fused-ring (bicyclic) bond motifs is 1. The Labute approximate surface area is 175 Å². The molecule has 28 heavy (non-hydrogen) atoms. The van der Waals surface area contributed by atoms with Crippen LogP contribution in [-0.4, -0.2) is 29.3 Å². The van der Waals surface area contributed by atoms with Crippen LogP contribution in [0.15, 0.2) is 18.2 Å². The summed E-state index contributed by atoms with van der Waals surface area (Å²) in [7, 11) is -3.39. The lowest BCUT2D eigenvalue weighted by Crippen LogP contribution is -2.48. The Balaban J connectivity index is 2.27. The number of nitrogens with one attached hydrogen (secondary N) is 1. The minimum absolute atomic E-state index is 0.240. The zero-order valence-electron chi connectivity index (χ0n) is 20.1. The van der Waals surface area contributed by atoms with Crippen LogP contribution in [0.25, 0.3) is 0 Å². The summed E-state index contributed by atoms with van der Waals surface area (Å²) in [5.41, 5.74) is 3.95. The molecule has 0 radical (unpaired) electrons. The van der Waals surface area contributed by atoms with Gasteiger partial charge in [-0.15, -0.1) is 0 Å². The largest absolute Gasteiger partial charge is 0.415 e. The third-order valence-corrected chi connectivity index (χ3v) is 11.9. The van der Waals surface area contributed by atoms with E-state index in [1.165, 1.54) is 16.7 Å². The molecule has 0 saturated carbocycles. The van der Waals surface area contributed by atoms with Crippen molar-refractivity contribution >= 4 is 16.6 Å². The zero-order chi connectivity index (χ0) is 21.5. The molecule has 2 atom stereocenters. The van der Waals surface area contributed by atoms with E-state index in [4.69, 9.17) is 8.85 Å². The molecular weight excluding hydrogens is 378 g/mol. The Morgan fingerprint density at radius 2 is 1.64 bits per heavy atom. The van der Waals surface area contributed by atoms with Crippen molar-refractivity contribution in [2.45, 2.75) is 103 Å². The van der Waals surface area contributed by atoms with Crippen LogP contribution in [-0.2, 0) is 20.9 Å². The highest BCUT2D eigenvalue weighted by molar-refractivity contribution is 6.74. The second-order valence-corrected chi connectivity index (χ2v) is 20.7. The third-order valence-electron chi connectivity index (χ3n) is 6.28. The second-order valence-electron chi connectivity index (χ2n) is 11.5. The van der Waals surface area contributed by atoms with Crippen LogP contribution in [0.1, 0.15) is 64.3 Å². The highest BCUT2D eigenvalue weighted by Crippen LogP contribution is 2.39. The smallest absolute Gasteiger partial charge is 0.192 e. The monoisotopic (exact) mass is 421 g/mol. The number of benzene rings is 1. The van der Waals surface area contributed by atoms with Crippen molar-refractivity contribution in [2.24, 2.45) is 0 Å². The fourth-order valence-corrected chi connectivity index (χ4v) is 6.70. The van der Waals surface area contributed by atoms with Gasteiger partial charge in [-0.3, -0.25) is 0 Å². The summed E-state index contributed by atoms with van der Waals surface area (Å²) in [5, 5.41) is 4.03. The Hall–Kier alpha value is -0.466. The minimum atomic E-state index is -1.74. The molecule has 1 aliphatic heterocycles. The molecule has 2 rings (SSSR count). The summed E-state index contributed by atoms with van der Waals surface area (Å²) in [6.07, 6.45) is 1.00. The van der Waals surface area contributed by atoms with Gasteiger partial charge >= 0.3 is 0 Å². The fourth-order valence-electron chi connectivity index (χ4n) is 4.00. The van der Waals surface area contributed by atoms with Crippen molar-refractivity contribution in [3.8, 4) is 0 Å². The lowest BCUT2D eigenvalue weighted by atomic mass is 9.82. The van der Waals surface area contributed by atoms with Crippen LogP contribution in [0, 0.1) is 0 Å². The summed E-state index contributed by atoms with van der Waals surface area (Å²) in [4.78, 5) is 0. The first-order valence-electron chi connectivity index (χ1n) is 10.8. The molecule has 1 heterocycles. The molecule has 1 aromatic rings. The molecule has 0 fully saturated rings. The van der Waals surface area contributed by atoms with Gasteiger partial charge < -0.3 is 14.2 Å². The summed E-state index contributed by atoms with van der Waals surface area (Å²) < 4.78 is 13.2. The first-order valence-corrected chi connectivity index (χ1v) is 17.1. The summed E-state index contributed by atoms with van der Waals surface area (Å²) in [6.45, 7) is 25.9. The van der Waals surface area contributed by atoms with E-state index in [0.29, 0.717) is 12.1 Å². The molecule has 1 aromatic carbocycles. The molecule has 0 aliphatic carbocycles. The molecule has 0 spiro atoms. The predicted molar refractivity (Wildman–Crippen MR) is 126 cm³/mol. The SMILES string of the molecule is C[C@@H]1N[C@@H](CO[Si](C)(C)C(C)(C)C)Cc2c1cccc2C(C)(C)O[Si](C)(C)C. The maximum absolute atomic E-state index is 6.60. The van der Waals surface area contributed by atoms with Crippen LogP contribution in [0.4, 0.5) is 0 Å². The summed E-state index contributed by atoms with van der Waals surface area (Å²) in [5.74, 6) is 0. The Bertz CT molecular complexity index is 687. The Morgan fingerprint density at radius 1 is 1.04 bits per heavy atom. The van der Waals surface area contributed by atoms with Crippen molar-refractivity contribution < 1.29 is 8.85 Å². The first kappa shape index (κ1) is 23.8. The second kappa shape index (κ2) is 7.99. The van der Waals surface area contributed by atoms with Gasteiger partial charge in [-0.1, -0.05) is 39.0 Å². The van der Waals surface area contributed by atoms with Crippen molar-refractivity contribution in [2.75, 3.05) is 6.61 Å². The van der Waals surface area contributed by atoms with Crippen LogP contribution >= 0.6 is 0 Å². The van der Waals surface area contributed by atoms with Gasteiger partial charge in [0.1, 0.15) is 0 Å². The standard InChI is InChI=1S/C23H43NO2Si2/c1-17-19-13-12-14-21(23(5,6)26-27(7,8)9)20(19)15-18(24-17)16-25-28(10,11)22(2,3)4/h12-14,17-18,24H,15-16H2,1-11H3/t17-,18+/m0/s1. The number of hydrogen-bond donors (Lipinski definition) is 1. The number of rotatable bonds is 6. The molecule has 160 valence electrons. The average Bonchev–Trinajstić information content (AvgIpc) is 2.49. The van der Waals surface area contributed by atoms with Crippen molar-refractivity contribution in [1.29, 1.82) is 0 Å². The summed E-state index contributed by atoms with van der Waals surface area (Å²) in [6, 6.07) is 7.41. The third kappa shape index (κ3) is 5.57. The van der Waals surface area contributed by atoms with Crippen molar-refractivity contribution in [3.63, 3.8) is 0 Å². The van der Waals surface area contributed by atoms with E-state index in [1.807, 2.05) is 0 Å². The Morgan fingerprint density at radius 3 is 2.18 bits per heavy atom. The molecule has 0 unspecified atom stereocenters. The van der Waals surface area contributed by atoms with Gasteiger partial charge in [0.15, 0.2) is 16.6 Å². The molecule has 1 aliphatic rings. The molecule has 0 saturated heterocycles. The molecule has 5 heteroatoms. The van der Waals surface area contributed by atoms with Crippen LogP contribution in [0.2, 0.25) is 37.8 Å². The van der Waals surface area contributed by atoms with E-state index < -0.39 is 16.6 Å². The van der Waals surface area contributed by atoms with Gasteiger partial charge in [-0.25, -0.2) is 0 Å². The van der Waals surface area contributed by atoms with Gasteiger partial charge in [0.2, 0.25) is 0 Å². The fraction of sp³-hybridized carbons (Fsp3) is 0.739. The maximum atomic E-state index is 6.60. The van der Waals surface area contributed by atoms with Gasteiger partial charge in [-0.05, 0) is 81.7 Å². The maximum Gasteiger partial charge on any atom is 0.192 e. The van der Waals surface area contributed by atoms with E-state index in [1.54, 1.807) is 0 Å². The van der Waals surface area contributed by atoms with Crippen LogP contribution < -0.4 is 5.32 Å². The first-order chi connectivity index (χ1) is 12.5. The van der Waals surface area contributed by atoms with E-state index in [0.717, 1.165) is 13.0 Å². The van der Waals surface area contributed by atoms with E-state index in [9.17, 15) is 0 Å². The molecular formula is C23H43NO2Si2. The van der Waals surface area contributed by atoms with Gasteiger partial charge in [-0.2, -0.15) is 0 Å². The topological polar surface area (TPSA) is 30.5 Å². The molecule has 0 aromatic heterocycles. The lowest BCUT2D eigenvalue weighted by molar-refractivity contribution is 0.0979. The van der Waals surface area contributed by atoms with Crippen molar-refractivity contribution in [3.05, 3.63) is 34.9 Å². The van der Waals surface area contributed by atoms with E-state index in [2.05, 4.69) is 97.8 Å². The van der Waals surface area contributed by atoms with E-state index >= 15 is 0 Å². The van der Waals surface area contributed by atoms with Gasteiger partial charge in [0, 0.05) is 18.7 Å². The molecule has 3 nitrogen and oxygen atoms in total. The molecule has 0 amide bonds. The Kier molecular flexibility index (Phi) is 6.79. The predicted octanol–water partition coefficient (Wildman–Crippen LogP) is 6.37. The quantitative estimate of drug-likeness (QED) is 0.541. The van der Waals surface area contributed by atoms with E-state index in [-0.39, 0.29) is 10.6 Å². The highest BCUT2D eigenvalue weighted by Gasteiger charge is 2.39. The number of hydrogen-bond acceptors (Lipinski definition) is 3. The normalized spacial score (nSPS) is 21.5. The minimum Gasteiger partial charge on any atom is -0.415 e. The molecule has 0 bridgehead atoms. The highest BCUT2D eigenvalue weighted by atomic mass is 28.4. The van der Waals surface area contributed by atoms with Gasteiger partial charge in [0.25, 0.3) is 0 Å². The summed E-state index contributed by atoms with van der Waals surface area (Å²) >= 11 is 0. The van der Waals surface area contributed by atoms with Gasteiger partial charge in [0.05, 0.1) is 5.60 Å². The van der Waals surface area contributed by atoms with Crippen LogP contribution in [0.5, 0.6) is 0 Å².